The molecule has 0 heterocycles. The van der Waals surface area contributed by atoms with E-state index in [2.05, 4.69) is 20.8 Å². The molecule has 0 rings (SSSR count). The number of carbonyl (C=O) groups is 1. The predicted molar refractivity (Wildman–Crippen MR) is 73.0 cm³/mol. The second-order valence-electron chi connectivity index (χ2n) is 4.83. The zero-order chi connectivity index (χ0) is 12.9. The highest BCUT2D eigenvalue weighted by molar-refractivity contribution is 5.72. The molecule has 0 aromatic carbocycles. The fourth-order valence-corrected chi connectivity index (χ4v) is 1.95. The first kappa shape index (κ1) is 16.5. The summed E-state index contributed by atoms with van der Waals surface area (Å²) in [6.45, 7) is 7.07. The lowest BCUT2D eigenvalue weighted by atomic mass is 9.99. The van der Waals surface area contributed by atoms with Gasteiger partial charge >= 0.3 is 5.97 Å². The van der Waals surface area contributed by atoms with Gasteiger partial charge in [0.1, 0.15) is 0 Å². The number of unbranched alkanes of at least 4 members (excludes halogenated alkanes) is 5. The van der Waals surface area contributed by atoms with Crippen molar-refractivity contribution in [3.8, 4) is 0 Å². The summed E-state index contributed by atoms with van der Waals surface area (Å²) in [5.74, 6) is 0.160. The van der Waals surface area contributed by atoms with E-state index >= 15 is 0 Å². The first-order chi connectivity index (χ1) is 8.26. The third-order valence-corrected chi connectivity index (χ3v) is 3.22. The summed E-state index contributed by atoms with van der Waals surface area (Å²) in [5, 5.41) is 0. The summed E-state index contributed by atoms with van der Waals surface area (Å²) in [7, 11) is 0. The minimum Gasteiger partial charge on any atom is -0.465 e. The van der Waals surface area contributed by atoms with Crippen LogP contribution in [-0.2, 0) is 9.53 Å². The molecule has 0 aliphatic rings. The monoisotopic (exact) mass is 242 g/mol. The first-order valence-electron chi connectivity index (χ1n) is 7.42. The van der Waals surface area contributed by atoms with Crippen molar-refractivity contribution in [2.45, 2.75) is 78.6 Å². The van der Waals surface area contributed by atoms with Crippen molar-refractivity contribution in [1.82, 2.24) is 0 Å². The van der Waals surface area contributed by atoms with Crippen LogP contribution >= 0.6 is 0 Å². The van der Waals surface area contributed by atoms with Crippen LogP contribution in [-0.4, -0.2) is 12.6 Å². The largest absolute Gasteiger partial charge is 0.465 e. The van der Waals surface area contributed by atoms with E-state index in [-0.39, 0.29) is 11.9 Å². The lowest BCUT2D eigenvalue weighted by Gasteiger charge is -2.13. The number of esters is 1. The molecule has 0 aromatic rings. The molecule has 1 atom stereocenters. The molecule has 0 bridgehead atoms. The van der Waals surface area contributed by atoms with Crippen LogP contribution in [0, 0.1) is 5.92 Å². The molecular weight excluding hydrogens is 212 g/mol. The zero-order valence-electron chi connectivity index (χ0n) is 12.0. The summed E-state index contributed by atoms with van der Waals surface area (Å²) in [4.78, 5) is 11.8. The Bertz CT molecular complexity index is 178. The Balaban J connectivity index is 3.61. The Morgan fingerprint density at radius 2 is 1.59 bits per heavy atom. The van der Waals surface area contributed by atoms with Crippen molar-refractivity contribution in [2.75, 3.05) is 6.61 Å². The van der Waals surface area contributed by atoms with Crippen LogP contribution in [0.5, 0.6) is 0 Å². The fourth-order valence-electron chi connectivity index (χ4n) is 1.95. The highest BCUT2D eigenvalue weighted by atomic mass is 16.5. The first-order valence-corrected chi connectivity index (χ1v) is 7.42. The van der Waals surface area contributed by atoms with Crippen molar-refractivity contribution in [3.05, 3.63) is 0 Å². The van der Waals surface area contributed by atoms with Crippen LogP contribution in [0.25, 0.3) is 0 Å². The molecule has 0 aliphatic carbocycles. The molecule has 0 radical (unpaired) electrons. The lowest BCUT2D eigenvalue weighted by molar-refractivity contribution is -0.149. The third kappa shape index (κ3) is 9.20. The molecule has 2 nitrogen and oxygen atoms in total. The maximum absolute atomic E-state index is 11.8. The molecule has 102 valence electrons. The topological polar surface area (TPSA) is 26.3 Å². The number of ether oxygens (including phenoxy) is 1. The van der Waals surface area contributed by atoms with E-state index in [1.807, 2.05) is 0 Å². The molecular formula is C15H30O2. The minimum atomic E-state index is 0.0279. The molecule has 17 heavy (non-hydrogen) atoms. The van der Waals surface area contributed by atoms with Crippen LogP contribution in [0.4, 0.5) is 0 Å². The van der Waals surface area contributed by atoms with Gasteiger partial charge in [-0.1, -0.05) is 59.3 Å². The van der Waals surface area contributed by atoms with Crippen LogP contribution in [0.3, 0.4) is 0 Å². The Labute approximate surface area is 107 Å². The van der Waals surface area contributed by atoms with Gasteiger partial charge in [-0.2, -0.15) is 0 Å². The molecule has 0 saturated carbocycles. The molecule has 0 fully saturated rings. The van der Waals surface area contributed by atoms with Gasteiger partial charge < -0.3 is 4.74 Å². The number of rotatable bonds is 11. The molecule has 0 aromatic heterocycles. The maximum atomic E-state index is 11.8. The zero-order valence-corrected chi connectivity index (χ0v) is 12.0. The highest BCUT2D eigenvalue weighted by Gasteiger charge is 2.16. The van der Waals surface area contributed by atoms with Crippen LogP contribution in [0.15, 0.2) is 0 Å². The smallest absolute Gasteiger partial charge is 0.308 e. The van der Waals surface area contributed by atoms with E-state index in [0.717, 1.165) is 25.7 Å². The second kappa shape index (κ2) is 11.9. The molecule has 1 unspecified atom stereocenters. The highest BCUT2D eigenvalue weighted by Crippen LogP contribution is 2.15. The minimum absolute atomic E-state index is 0.0279. The van der Waals surface area contributed by atoms with Gasteiger partial charge in [-0.05, 0) is 19.3 Å². The van der Waals surface area contributed by atoms with Crippen LogP contribution in [0.2, 0.25) is 0 Å². The van der Waals surface area contributed by atoms with Gasteiger partial charge in [-0.3, -0.25) is 4.79 Å². The van der Waals surface area contributed by atoms with E-state index in [9.17, 15) is 4.79 Å². The molecule has 0 spiro atoms. The fraction of sp³-hybridized carbons (Fsp3) is 0.933. The van der Waals surface area contributed by atoms with Crippen molar-refractivity contribution in [2.24, 2.45) is 5.92 Å². The lowest BCUT2D eigenvalue weighted by Crippen LogP contribution is -2.17. The number of hydrogen-bond acceptors (Lipinski definition) is 2. The average Bonchev–Trinajstić information content (AvgIpc) is 2.34. The normalized spacial score (nSPS) is 12.4. The Morgan fingerprint density at radius 1 is 0.941 bits per heavy atom. The summed E-state index contributed by atoms with van der Waals surface area (Å²) < 4.78 is 5.33. The summed E-state index contributed by atoms with van der Waals surface area (Å²) in [5.41, 5.74) is 0. The van der Waals surface area contributed by atoms with Gasteiger partial charge in [0, 0.05) is 0 Å². The SMILES string of the molecule is CCCCCCOC(=O)C(CC)CCCCC. The Morgan fingerprint density at radius 3 is 2.18 bits per heavy atom. The molecule has 0 aliphatic heterocycles. The van der Waals surface area contributed by atoms with Crippen molar-refractivity contribution in [1.29, 1.82) is 0 Å². The summed E-state index contributed by atoms with van der Waals surface area (Å²) >= 11 is 0. The van der Waals surface area contributed by atoms with Crippen molar-refractivity contribution >= 4 is 5.97 Å². The van der Waals surface area contributed by atoms with Gasteiger partial charge in [0.25, 0.3) is 0 Å². The van der Waals surface area contributed by atoms with Crippen LogP contribution in [0.1, 0.15) is 78.6 Å². The van der Waals surface area contributed by atoms with Gasteiger partial charge in [-0.25, -0.2) is 0 Å². The van der Waals surface area contributed by atoms with Crippen LogP contribution < -0.4 is 0 Å². The van der Waals surface area contributed by atoms with E-state index in [4.69, 9.17) is 4.74 Å². The van der Waals surface area contributed by atoms with Gasteiger partial charge in [0.15, 0.2) is 0 Å². The number of carbonyl (C=O) groups excluding carboxylic acids is 1. The Hall–Kier alpha value is -0.530. The van der Waals surface area contributed by atoms with Gasteiger partial charge in [-0.15, -0.1) is 0 Å². The molecule has 0 N–H and O–H groups in total. The van der Waals surface area contributed by atoms with Gasteiger partial charge in [0.05, 0.1) is 12.5 Å². The quantitative estimate of drug-likeness (QED) is 0.387. The number of hydrogen-bond donors (Lipinski definition) is 0. The van der Waals surface area contributed by atoms with Crippen molar-refractivity contribution < 1.29 is 9.53 Å². The Kier molecular flexibility index (Phi) is 11.6. The molecule has 0 saturated heterocycles. The second-order valence-corrected chi connectivity index (χ2v) is 4.83. The maximum Gasteiger partial charge on any atom is 0.308 e. The van der Waals surface area contributed by atoms with E-state index in [1.54, 1.807) is 0 Å². The predicted octanol–water partition coefficient (Wildman–Crippen LogP) is 4.72. The average molecular weight is 242 g/mol. The standard InChI is InChI=1S/C15H30O2/c1-4-7-9-11-13-17-15(16)14(6-3)12-10-8-5-2/h14H,4-13H2,1-3H3. The van der Waals surface area contributed by atoms with E-state index in [1.165, 1.54) is 32.1 Å². The van der Waals surface area contributed by atoms with Gasteiger partial charge in [0.2, 0.25) is 0 Å². The summed E-state index contributed by atoms with van der Waals surface area (Å²) in [6.07, 6.45) is 10.2. The van der Waals surface area contributed by atoms with E-state index in [0.29, 0.717) is 6.61 Å². The van der Waals surface area contributed by atoms with Crippen molar-refractivity contribution in [3.63, 3.8) is 0 Å². The summed E-state index contributed by atoms with van der Waals surface area (Å²) in [6, 6.07) is 0. The van der Waals surface area contributed by atoms with E-state index < -0.39 is 0 Å². The molecule has 0 amide bonds. The third-order valence-electron chi connectivity index (χ3n) is 3.22. The molecule has 2 heteroatoms.